The Balaban J connectivity index is 1.95. The molecular formula is C16H29N5. The van der Waals surface area contributed by atoms with Gasteiger partial charge in [-0.15, -0.1) is 0 Å². The lowest BCUT2D eigenvalue weighted by Crippen LogP contribution is -2.39. The molecule has 5 heteroatoms. The highest BCUT2D eigenvalue weighted by Crippen LogP contribution is 2.14. The van der Waals surface area contributed by atoms with Gasteiger partial charge in [0.15, 0.2) is 5.96 Å². The summed E-state index contributed by atoms with van der Waals surface area (Å²) in [4.78, 5) is 9.43. The highest BCUT2D eigenvalue weighted by atomic mass is 15.3. The van der Waals surface area contributed by atoms with Crippen molar-refractivity contribution in [3.8, 4) is 0 Å². The van der Waals surface area contributed by atoms with E-state index >= 15 is 0 Å². The normalized spacial score (nSPS) is 20.0. The van der Waals surface area contributed by atoms with E-state index in [-0.39, 0.29) is 0 Å². The van der Waals surface area contributed by atoms with Gasteiger partial charge in [-0.05, 0) is 45.0 Å². The zero-order valence-corrected chi connectivity index (χ0v) is 13.8. The third kappa shape index (κ3) is 4.49. The van der Waals surface area contributed by atoms with Gasteiger partial charge in [-0.3, -0.25) is 4.99 Å². The molecule has 1 aromatic heterocycles. The molecule has 1 atom stereocenters. The average Bonchev–Trinajstić information content (AvgIpc) is 3.04. The van der Waals surface area contributed by atoms with Crippen LogP contribution in [0.25, 0.3) is 0 Å². The standard InChI is InChI=1S/C16H29N5/c1-5-17-16(18-11-14-8-10-19(2)12-14)21(4)13-15-7-6-9-20(15)3/h6-7,9,14H,5,8,10-13H2,1-4H3,(H,17,18). The van der Waals surface area contributed by atoms with Gasteiger partial charge in [0.25, 0.3) is 0 Å². The van der Waals surface area contributed by atoms with Crippen molar-refractivity contribution in [2.24, 2.45) is 18.0 Å². The molecule has 0 spiro atoms. The van der Waals surface area contributed by atoms with E-state index in [1.807, 2.05) is 0 Å². The minimum atomic E-state index is 0.701. The van der Waals surface area contributed by atoms with E-state index < -0.39 is 0 Å². The van der Waals surface area contributed by atoms with E-state index in [0.29, 0.717) is 5.92 Å². The van der Waals surface area contributed by atoms with Crippen LogP contribution in [0.3, 0.4) is 0 Å². The molecule has 0 bridgehead atoms. The van der Waals surface area contributed by atoms with Crippen LogP contribution in [-0.4, -0.2) is 60.6 Å². The summed E-state index contributed by atoms with van der Waals surface area (Å²) in [6, 6.07) is 4.24. The van der Waals surface area contributed by atoms with Crippen molar-refractivity contribution >= 4 is 5.96 Å². The van der Waals surface area contributed by atoms with E-state index in [1.54, 1.807) is 0 Å². The molecule has 1 N–H and O–H groups in total. The number of hydrogen-bond donors (Lipinski definition) is 1. The molecule has 118 valence electrons. The molecule has 21 heavy (non-hydrogen) atoms. The van der Waals surface area contributed by atoms with E-state index in [1.165, 1.54) is 25.2 Å². The molecule has 1 aromatic rings. The van der Waals surface area contributed by atoms with Crippen LogP contribution in [0.4, 0.5) is 0 Å². The fourth-order valence-corrected chi connectivity index (χ4v) is 2.84. The average molecular weight is 291 g/mol. The molecule has 0 radical (unpaired) electrons. The Hall–Kier alpha value is -1.49. The first-order valence-electron chi connectivity index (χ1n) is 7.88. The zero-order valence-electron chi connectivity index (χ0n) is 13.8. The molecule has 1 aliphatic rings. The van der Waals surface area contributed by atoms with Crippen LogP contribution >= 0.6 is 0 Å². The molecule has 0 aliphatic carbocycles. The first-order chi connectivity index (χ1) is 10.1. The zero-order chi connectivity index (χ0) is 15.2. The largest absolute Gasteiger partial charge is 0.357 e. The first-order valence-corrected chi connectivity index (χ1v) is 7.88. The van der Waals surface area contributed by atoms with Gasteiger partial charge in [0, 0.05) is 45.6 Å². The van der Waals surface area contributed by atoms with E-state index in [4.69, 9.17) is 4.99 Å². The number of guanidine groups is 1. The summed E-state index contributed by atoms with van der Waals surface area (Å²) >= 11 is 0. The van der Waals surface area contributed by atoms with E-state index in [9.17, 15) is 0 Å². The maximum absolute atomic E-state index is 4.84. The number of hydrogen-bond acceptors (Lipinski definition) is 2. The van der Waals surface area contributed by atoms with Crippen LogP contribution in [-0.2, 0) is 13.6 Å². The Morgan fingerprint density at radius 1 is 1.48 bits per heavy atom. The highest BCUT2D eigenvalue weighted by Gasteiger charge is 2.19. The Morgan fingerprint density at radius 3 is 2.86 bits per heavy atom. The van der Waals surface area contributed by atoms with Gasteiger partial charge in [-0.2, -0.15) is 0 Å². The van der Waals surface area contributed by atoms with Crippen LogP contribution in [0.5, 0.6) is 0 Å². The third-order valence-electron chi connectivity index (χ3n) is 4.14. The quantitative estimate of drug-likeness (QED) is 0.657. The van der Waals surface area contributed by atoms with Crippen LogP contribution < -0.4 is 5.32 Å². The minimum Gasteiger partial charge on any atom is -0.357 e. The van der Waals surface area contributed by atoms with Gasteiger partial charge in [0.2, 0.25) is 0 Å². The first kappa shape index (κ1) is 15.9. The summed E-state index contributed by atoms with van der Waals surface area (Å²) in [5.41, 5.74) is 1.30. The minimum absolute atomic E-state index is 0.701. The molecule has 2 heterocycles. The number of likely N-dealkylation sites (tertiary alicyclic amines) is 1. The fraction of sp³-hybridized carbons (Fsp3) is 0.688. The van der Waals surface area contributed by atoms with Crippen molar-refractivity contribution in [2.45, 2.75) is 19.9 Å². The summed E-state index contributed by atoms with van der Waals surface area (Å²) in [6.45, 7) is 7.19. The Morgan fingerprint density at radius 2 is 2.29 bits per heavy atom. The third-order valence-corrected chi connectivity index (χ3v) is 4.14. The van der Waals surface area contributed by atoms with Crippen LogP contribution in [0.15, 0.2) is 23.3 Å². The highest BCUT2D eigenvalue weighted by molar-refractivity contribution is 5.79. The second-order valence-electron chi connectivity index (χ2n) is 6.08. The topological polar surface area (TPSA) is 35.8 Å². The lowest BCUT2D eigenvalue weighted by Gasteiger charge is -2.23. The van der Waals surface area contributed by atoms with Crippen molar-refractivity contribution in [1.29, 1.82) is 0 Å². The number of aliphatic imine (C=N–C) groups is 1. The Kier molecular flexibility index (Phi) is 5.67. The summed E-state index contributed by atoms with van der Waals surface area (Å²) < 4.78 is 2.16. The maximum Gasteiger partial charge on any atom is 0.194 e. The van der Waals surface area contributed by atoms with E-state index in [2.05, 4.69) is 66.1 Å². The van der Waals surface area contributed by atoms with Crippen LogP contribution in [0.2, 0.25) is 0 Å². The Bertz CT molecular complexity index is 465. The molecule has 1 aliphatic heterocycles. The second-order valence-corrected chi connectivity index (χ2v) is 6.08. The van der Waals surface area contributed by atoms with Crippen molar-refractivity contribution in [1.82, 2.24) is 19.7 Å². The lowest BCUT2D eigenvalue weighted by molar-refractivity contribution is 0.396. The molecular weight excluding hydrogens is 262 g/mol. The summed E-state index contributed by atoms with van der Waals surface area (Å²) in [6.07, 6.45) is 3.35. The molecule has 1 fully saturated rings. The van der Waals surface area contributed by atoms with Gasteiger partial charge < -0.3 is 19.7 Å². The molecule has 0 aromatic carbocycles. The van der Waals surface area contributed by atoms with Gasteiger partial charge in [-0.1, -0.05) is 0 Å². The lowest BCUT2D eigenvalue weighted by atomic mass is 10.1. The van der Waals surface area contributed by atoms with Gasteiger partial charge in [0.05, 0.1) is 6.54 Å². The predicted octanol–water partition coefficient (Wildman–Crippen LogP) is 1.37. The van der Waals surface area contributed by atoms with Crippen molar-refractivity contribution in [3.05, 3.63) is 24.0 Å². The SMILES string of the molecule is CCNC(=NCC1CCN(C)C1)N(C)Cc1cccn1C. The monoisotopic (exact) mass is 291 g/mol. The van der Waals surface area contributed by atoms with Crippen molar-refractivity contribution < 1.29 is 0 Å². The van der Waals surface area contributed by atoms with E-state index in [0.717, 1.165) is 25.6 Å². The van der Waals surface area contributed by atoms with Crippen molar-refractivity contribution in [3.63, 3.8) is 0 Å². The number of aryl methyl sites for hydroxylation is 1. The number of nitrogens with zero attached hydrogens (tertiary/aromatic N) is 4. The molecule has 0 amide bonds. The summed E-state index contributed by atoms with van der Waals surface area (Å²) in [5.74, 6) is 1.71. The molecule has 0 saturated carbocycles. The number of aromatic nitrogens is 1. The van der Waals surface area contributed by atoms with Gasteiger partial charge >= 0.3 is 0 Å². The predicted molar refractivity (Wildman–Crippen MR) is 88.5 cm³/mol. The second kappa shape index (κ2) is 7.50. The van der Waals surface area contributed by atoms with Crippen LogP contribution in [0, 0.1) is 5.92 Å². The molecule has 2 rings (SSSR count). The Labute approximate surface area is 128 Å². The number of nitrogens with one attached hydrogen (secondary N) is 1. The molecule has 5 nitrogen and oxygen atoms in total. The van der Waals surface area contributed by atoms with Gasteiger partial charge in [0.1, 0.15) is 0 Å². The van der Waals surface area contributed by atoms with Gasteiger partial charge in [-0.25, -0.2) is 0 Å². The maximum atomic E-state index is 4.84. The molecule has 1 unspecified atom stereocenters. The summed E-state index contributed by atoms with van der Waals surface area (Å²) in [7, 11) is 6.38. The van der Waals surface area contributed by atoms with Crippen molar-refractivity contribution in [2.75, 3.05) is 40.3 Å². The van der Waals surface area contributed by atoms with Crippen LogP contribution in [0.1, 0.15) is 19.0 Å². The molecule has 1 saturated heterocycles. The number of rotatable bonds is 5. The fourth-order valence-electron chi connectivity index (χ4n) is 2.84. The summed E-state index contributed by atoms with van der Waals surface area (Å²) in [5, 5.41) is 3.40. The smallest absolute Gasteiger partial charge is 0.194 e.